The van der Waals surface area contributed by atoms with Gasteiger partial charge in [-0.05, 0) is 56.1 Å². The minimum atomic E-state index is -2.69. The van der Waals surface area contributed by atoms with E-state index in [1.54, 1.807) is 23.1 Å². The number of primary amides is 1. The van der Waals surface area contributed by atoms with E-state index in [2.05, 4.69) is 4.98 Å². The maximum Gasteiger partial charge on any atom is 0.257 e. The molecule has 2 atom stereocenters. The van der Waals surface area contributed by atoms with Gasteiger partial charge in [0.05, 0.1) is 36.7 Å². The molecule has 0 radical (unpaired) electrons. The van der Waals surface area contributed by atoms with E-state index in [0.717, 1.165) is 24.7 Å². The molecule has 0 spiro atoms. The van der Waals surface area contributed by atoms with E-state index in [9.17, 15) is 27.9 Å². The third-order valence-corrected chi connectivity index (χ3v) is 6.79. The van der Waals surface area contributed by atoms with Gasteiger partial charge in [-0.2, -0.15) is 0 Å². The Labute approximate surface area is 213 Å². The summed E-state index contributed by atoms with van der Waals surface area (Å²) < 4.78 is 47.1. The van der Waals surface area contributed by atoms with Gasteiger partial charge in [-0.15, -0.1) is 0 Å². The van der Waals surface area contributed by atoms with Crippen molar-refractivity contribution in [2.75, 3.05) is 32.8 Å². The third-order valence-electron chi connectivity index (χ3n) is 6.79. The van der Waals surface area contributed by atoms with Crippen molar-refractivity contribution < 1.29 is 32.6 Å². The zero-order chi connectivity index (χ0) is 26.7. The first-order valence-electron chi connectivity index (χ1n) is 12.3. The average Bonchev–Trinajstić information content (AvgIpc) is 3.24. The number of nitrogens with two attached hydrogens (primary N) is 1. The Morgan fingerprint density at radius 1 is 1.22 bits per heavy atom. The van der Waals surface area contributed by atoms with Crippen LogP contribution in [0.3, 0.4) is 0 Å². The number of hydrogen-bond donors (Lipinski definition) is 2. The quantitative estimate of drug-likeness (QED) is 0.554. The number of β-amino-alcohol motifs (C(OH)–C–C–N with tert-alkyl or cyclic N) is 1. The lowest BCUT2D eigenvalue weighted by atomic mass is 9.97. The number of aromatic nitrogens is 1. The molecule has 2 amide bonds. The summed E-state index contributed by atoms with van der Waals surface area (Å²) in [4.78, 5) is 31.6. The molecule has 37 heavy (non-hydrogen) atoms. The van der Waals surface area contributed by atoms with E-state index < -0.39 is 35.7 Å². The second-order valence-electron chi connectivity index (χ2n) is 9.94. The first-order valence-corrected chi connectivity index (χ1v) is 12.3. The number of ether oxygens (including phenoxy) is 1. The van der Waals surface area contributed by atoms with Crippen molar-refractivity contribution in [2.24, 2.45) is 11.7 Å². The lowest BCUT2D eigenvalue weighted by Gasteiger charge is -2.33. The van der Waals surface area contributed by atoms with E-state index in [0.29, 0.717) is 36.7 Å². The number of carbonyl (C=O) groups excluding carboxylic acids is 2. The van der Waals surface area contributed by atoms with E-state index in [-0.39, 0.29) is 31.0 Å². The van der Waals surface area contributed by atoms with Crippen LogP contribution in [0.25, 0.3) is 11.3 Å². The molecule has 0 unspecified atom stereocenters. The minimum absolute atomic E-state index is 0.0239. The molecule has 4 rings (SSSR count). The SMILES string of the molecule is CC(F)(F)CN1CCC(COc2ccc(-c3ccc(C(=O)N4C[C@H](O)C[C@H]4C(N)=O)c(F)c3)nc2)CC1. The predicted molar refractivity (Wildman–Crippen MR) is 130 cm³/mol. The topological polar surface area (TPSA) is 109 Å². The van der Waals surface area contributed by atoms with Gasteiger partial charge in [-0.25, -0.2) is 13.2 Å². The van der Waals surface area contributed by atoms with Crippen LogP contribution in [0.2, 0.25) is 0 Å². The molecule has 0 saturated carbocycles. The molecule has 0 aliphatic carbocycles. The number of piperidine rings is 1. The maximum atomic E-state index is 14.9. The van der Waals surface area contributed by atoms with Gasteiger partial charge in [-0.3, -0.25) is 19.5 Å². The molecule has 8 nitrogen and oxygen atoms in total. The van der Waals surface area contributed by atoms with Gasteiger partial charge in [0.1, 0.15) is 17.6 Å². The van der Waals surface area contributed by atoms with Gasteiger partial charge in [0.15, 0.2) is 0 Å². The fourth-order valence-electron chi connectivity index (χ4n) is 4.86. The van der Waals surface area contributed by atoms with Gasteiger partial charge >= 0.3 is 0 Å². The number of halogens is 3. The Kier molecular flexibility index (Phi) is 8.03. The first kappa shape index (κ1) is 26.9. The van der Waals surface area contributed by atoms with Gasteiger partial charge in [0, 0.05) is 25.5 Å². The van der Waals surface area contributed by atoms with Crippen molar-refractivity contribution in [1.82, 2.24) is 14.8 Å². The first-order chi connectivity index (χ1) is 17.5. The second-order valence-corrected chi connectivity index (χ2v) is 9.94. The molecule has 2 saturated heterocycles. The Morgan fingerprint density at radius 2 is 1.95 bits per heavy atom. The number of benzene rings is 1. The summed E-state index contributed by atoms with van der Waals surface area (Å²) in [6.45, 7) is 2.30. The number of rotatable bonds is 8. The van der Waals surface area contributed by atoms with Crippen molar-refractivity contribution in [2.45, 2.75) is 44.3 Å². The standard InChI is InChI=1S/C26H31F3N4O4/c1-26(28,29)15-32-8-6-16(7-9-32)14-37-19-3-5-22(31-12-19)17-2-4-20(21(27)10-17)25(36)33-13-18(34)11-23(33)24(30)35/h2-5,10,12,16,18,23,34H,6-9,11,13-15H2,1H3,(H2,30,35)/t18-,23+/m1/s1. The highest BCUT2D eigenvalue weighted by molar-refractivity contribution is 5.98. The Morgan fingerprint density at radius 3 is 2.54 bits per heavy atom. The molecular formula is C26H31F3N4O4. The van der Waals surface area contributed by atoms with Crippen molar-refractivity contribution in [3.63, 3.8) is 0 Å². The van der Waals surface area contributed by atoms with Crippen LogP contribution in [0.5, 0.6) is 5.75 Å². The zero-order valence-corrected chi connectivity index (χ0v) is 20.6. The van der Waals surface area contributed by atoms with Crippen LogP contribution in [0.1, 0.15) is 36.5 Å². The molecule has 2 aliphatic rings. The van der Waals surface area contributed by atoms with Crippen LogP contribution >= 0.6 is 0 Å². The lowest BCUT2D eigenvalue weighted by Crippen LogP contribution is -2.44. The number of pyridine rings is 1. The number of alkyl halides is 2. The minimum Gasteiger partial charge on any atom is -0.492 e. The van der Waals surface area contributed by atoms with Crippen molar-refractivity contribution in [3.8, 4) is 17.0 Å². The highest BCUT2D eigenvalue weighted by atomic mass is 19.3. The molecule has 11 heteroatoms. The number of hydrogen-bond acceptors (Lipinski definition) is 6. The summed E-state index contributed by atoms with van der Waals surface area (Å²) in [6.07, 6.45) is 2.22. The summed E-state index contributed by atoms with van der Waals surface area (Å²) in [7, 11) is 0. The molecule has 3 heterocycles. The second kappa shape index (κ2) is 11.1. The van der Waals surface area contributed by atoms with Crippen LogP contribution in [0, 0.1) is 11.7 Å². The van der Waals surface area contributed by atoms with Gasteiger partial charge in [0.2, 0.25) is 5.91 Å². The highest BCUT2D eigenvalue weighted by Gasteiger charge is 2.38. The Bertz CT molecular complexity index is 1120. The van der Waals surface area contributed by atoms with Crippen molar-refractivity contribution in [1.29, 1.82) is 0 Å². The van der Waals surface area contributed by atoms with Crippen LogP contribution in [-0.2, 0) is 4.79 Å². The monoisotopic (exact) mass is 520 g/mol. The average molecular weight is 521 g/mol. The molecule has 2 aromatic rings. The predicted octanol–water partition coefficient (Wildman–Crippen LogP) is 2.69. The lowest BCUT2D eigenvalue weighted by molar-refractivity contribution is -0.121. The van der Waals surface area contributed by atoms with Crippen molar-refractivity contribution in [3.05, 3.63) is 47.9 Å². The molecule has 200 valence electrons. The maximum absolute atomic E-state index is 14.9. The van der Waals surface area contributed by atoms with Crippen LogP contribution < -0.4 is 10.5 Å². The van der Waals surface area contributed by atoms with Gasteiger partial charge in [0.25, 0.3) is 11.8 Å². The Balaban J connectivity index is 1.33. The normalized spacial score (nSPS) is 21.3. The summed E-state index contributed by atoms with van der Waals surface area (Å²) in [5.74, 6) is -4.12. The van der Waals surface area contributed by atoms with E-state index >= 15 is 0 Å². The van der Waals surface area contributed by atoms with Crippen molar-refractivity contribution >= 4 is 11.8 Å². The van der Waals surface area contributed by atoms with Crippen LogP contribution in [0.15, 0.2) is 36.5 Å². The number of aliphatic hydroxyl groups is 1. The highest BCUT2D eigenvalue weighted by Crippen LogP contribution is 2.27. The largest absolute Gasteiger partial charge is 0.492 e. The molecule has 0 bridgehead atoms. The van der Waals surface area contributed by atoms with Crippen LogP contribution in [0.4, 0.5) is 13.2 Å². The van der Waals surface area contributed by atoms with Crippen LogP contribution in [-0.4, -0.2) is 82.6 Å². The number of amides is 2. The summed E-state index contributed by atoms with van der Waals surface area (Å²) >= 11 is 0. The fourth-order valence-corrected chi connectivity index (χ4v) is 4.86. The fraction of sp³-hybridized carbons (Fsp3) is 0.500. The zero-order valence-electron chi connectivity index (χ0n) is 20.6. The number of likely N-dealkylation sites (tertiary alicyclic amines) is 2. The molecule has 3 N–H and O–H groups in total. The number of carbonyl (C=O) groups is 2. The van der Waals surface area contributed by atoms with Gasteiger partial charge in [-0.1, -0.05) is 6.07 Å². The molecule has 1 aromatic carbocycles. The smallest absolute Gasteiger partial charge is 0.257 e. The van der Waals surface area contributed by atoms with Gasteiger partial charge < -0.3 is 20.5 Å². The van der Waals surface area contributed by atoms with E-state index in [1.807, 2.05) is 0 Å². The molecule has 2 fully saturated rings. The molecule has 1 aromatic heterocycles. The molecule has 2 aliphatic heterocycles. The number of aliphatic hydroxyl groups excluding tert-OH is 1. The third kappa shape index (κ3) is 6.78. The summed E-state index contributed by atoms with van der Waals surface area (Å²) in [6, 6.07) is 6.48. The number of nitrogens with zero attached hydrogens (tertiary/aromatic N) is 3. The molecular weight excluding hydrogens is 489 g/mol. The Hall–Kier alpha value is -3.18. The van der Waals surface area contributed by atoms with E-state index in [1.165, 1.54) is 18.3 Å². The van der Waals surface area contributed by atoms with E-state index in [4.69, 9.17) is 10.5 Å². The summed E-state index contributed by atoms with van der Waals surface area (Å²) in [5.41, 5.74) is 6.03. The summed E-state index contributed by atoms with van der Waals surface area (Å²) in [5, 5.41) is 9.82.